The average Bonchev–Trinajstić information content (AvgIpc) is 3.20. The number of piperidine rings is 1. The summed E-state index contributed by atoms with van der Waals surface area (Å²) in [6.07, 6.45) is 1.96. The van der Waals surface area contributed by atoms with E-state index in [-0.39, 0.29) is 11.8 Å². The summed E-state index contributed by atoms with van der Waals surface area (Å²) in [6, 6.07) is 19.8. The summed E-state index contributed by atoms with van der Waals surface area (Å²) in [5.41, 5.74) is 12.0. The van der Waals surface area contributed by atoms with Crippen LogP contribution in [0, 0.1) is 13.5 Å². The SMILES string of the molecule is [C-]#[N+]c1ccc(Cn2/c(=N\C3CCN(CCN)CC3)n(Cc3nc(C)ccc3O)c3ccccc32)cc1. The van der Waals surface area contributed by atoms with E-state index in [0.29, 0.717) is 31.0 Å². The number of aryl methyl sites for hydroxylation is 1. The van der Waals surface area contributed by atoms with Crippen molar-refractivity contribution >= 4 is 16.7 Å². The van der Waals surface area contributed by atoms with E-state index in [2.05, 4.69) is 36.0 Å². The molecule has 0 atom stereocenters. The van der Waals surface area contributed by atoms with Crippen molar-refractivity contribution in [3.8, 4) is 5.75 Å². The lowest BCUT2D eigenvalue weighted by Crippen LogP contribution is -2.39. The minimum absolute atomic E-state index is 0.186. The summed E-state index contributed by atoms with van der Waals surface area (Å²) in [6.45, 7) is 13.8. The third-order valence-corrected chi connectivity index (χ3v) is 7.05. The zero-order valence-electron chi connectivity index (χ0n) is 21.2. The van der Waals surface area contributed by atoms with Crippen molar-refractivity contribution in [1.82, 2.24) is 19.0 Å². The first-order valence-corrected chi connectivity index (χ1v) is 12.8. The Labute approximate surface area is 217 Å². The van der Waals surface area contributed by atoms with E-state index in [1.54, 1.807) is 6.07 Å². The second kappa shape index (κ2) is 11.0. The van der Waals surface area contributed by atoms with Crippen LogP contribution in [0.4, 0.5) is 5.69 Å². The molecule has 3 heterocycles. The Morgan fingerprint density at radius 3 is 2.32 bits per heavy atom. The first-order chi connectivity index (χ1) is 18.1. The summed E-state index contributed by atoms with van der Waals surface area (Å²) in [4.78, 5) is 15.9. The molecule has 190 valence electrons. The third kappa shape index (κ3) is 5.43. The Morgan fingerprint density at radius 2 is 1.68 bits per heavy atom. The summed E-state index contributed by atoms with van der Waals surface area (Å²) < 4.78 is 4.43. The number of imidazole rings is 1. The van der Waals surface area contributed by atoms with Gasteiger partial charge >= 0.3 is 0 Å². The van der Waals surface area contributed by atoms with Gasteiger partial charge < -0.3 is 24.9 Å². The minimum Gasteiger partial charge on any atom is -0.506 e. The van der Waals surface area contributed by atoms with Gasteiger partial charge in [-0.25, -0.2) is 9.84 Å². The molecule has 3 N–H and O–H groups in total. The molecule has 1 saturated heterocycles. The van der Waals surface area contributed by atoms with Crippen LogP contribution >= 0.6 is 0 Å². The van der Waals surface area contributed by atoms with Crippen LogP contribution in [0.15, 0.2) is 65.7 Å². The average molecular weight is 496 g/mol. The van der Waals surface area contributed by atoms with Crippen LogP contribution in [0.5, 0.6) is 5.75 Å². The summed E-state index contributed by atoms with van der Waals surface area (Å²) >= 11 is 0. The van der Waals surface area contributed by atoms with Gasteiger partial charge in [0.05, 0.1) is 36.7 Å². The molecule has 0 bridgehead atoms. The molecule has 8 nitrogen and oxygen atoms in total. The first kappa shape index (κ1) is 24.8. The molecule has 0 spiro atoms. The zero-order chi connectivity index (χ0) is 25.8. The first-order valence-electron chi connectivity index (χ1n) is 12.8. The van der Waals surface area contributed by atoms with E-state index >= 15 is 0 Å². The van der Waals surface area contributed by atoms with Gasteiger partial charge in [-0.3, -0.25) is 4.98 Å². The molecular formula is C29H33N7O. The van der Waals surface area contributed by atoms with E-state index in [0.717, 1.165) is 60.4 Å². The fourth-order valence-electron chi connectivity index (χ4n) is 5.08. The lowest BCUT2D eigenvalue weighted by molar-refractivity contribution is 0.217. The van der Waals surface area contributed by atoms with Gasteiger partial charge in [-0.1, -0.05) is 36.4 Å². The predicted molar refractivity (Wildman–Crippen MR) is 146 cm³/mol. The number of benzene rings is 2. The van der Waals surface area contributed by atoms with Crippen molar-refractivity contribution in [2.75, 3.05) is 26.2 Å². The number of hydrogen-bond acceptors (Lipinski definition) is 5. The van der Waals surface area contributed by atoms with Gasteiger partial charge in [0.15, 0.2) is 5.69 Å². The monoisotopic (exact) mass is 495 g/mol. The number of hydrogen-bond donors (Lipinski definition) is 2. The zero-order valence-corrected chi connectivity index (χ0v) is 21.2. The van der Waals surface area contributed by atoms with E-state index in [1.165, 1.54) is 0 Å². The highest BCUT2D eigenvalue weighted by Crippen LogP contribution is 2.22. The smallest absolute Gasteiger partial charge is 0.206 e. The number of aromatic nitrogens is 3. The summed E-state index contributed by atoms with van der Waals surface area (Å²) in [5.74, 6) is 0.186. The number of likely N-dealkylation sites (tertiary alicyclic amines) is 1. The quantitative estimate of drug-likeness (QED) is 0.382. The molecule has 0 saturated carbocycles. The Hall–Kier alpha value is -3.93. The number of nitrogens with two attached hydrogens (primary N) is 1. The van der Waals surface area contributed by atoms with E-state index in [1.807, 2.05) is 49.4 Å². The van der Waals surface area contributed by atoms with Crippen LogP contribution in [-0.4, -0.2) is 56.3 Å². The molecule has 0 amide bonds. The fraction of sp³-hybridized carbons (Fsp3) is 0.345. The Morgan fingerprint density at radius 1 is 1.00 bits per heavy atom. The number of para-hydroxylation sites is 2. The van der Waals surface area contributed by atoms with E-state index < -0.39 is 0 Å². The molecule has 4 aromatic rings. The number of rotatable bonds is 7. The normalized spacial score (nSPS) is 15.3. The fourth-order valence-corrected chi connectivity index (χ4v) is 5.08. The molecule has 0 unspecified atom stereocenters. The van der Waals surface area contributed by atoms with Crippen molar-refractivity contribution in [1.29, 1.82) is 0 Å². The van der Waals surface area contributed by atoms with Gasteiger partial charge in [-0.15, -0.1) is 0 Å². The highest BCUT2D eigenvalue weighted by atomic mass is 16.3. The van der Waals surface area contributed by atoms with Crippen molar-refractivity contribution < 1.29 is 5.11 Å². The molecule has 0 aliphatic carbocycles. The maximum Gasteiger partial charge on any atom is 0.206 e. The van der Waals surface area contributed by atoms with Crippen molar-refractivity contribution in [2.45, 2.75) is 38.9 Å². The van der Waals surface area contributed by atoms with Gasteiger partial charge in [0.2, 0.25) is 5.62 Å². The van der Waals surface area contributed by atoms with Gasteiger partial charge in [0.1, 0.15) is 11.4 Å². The van der Waals surface area contributed by atoms with Crippen LogP contribution in [0.25, 0.3) is 15.9 Å². The second-order valence-electron chi connectivity index (χ2n) is 9.65. The molecule has 8 heteroatoms. The molecule has 1 aliphatic heterocycles. The van der Waals surface area contributed by atoms with Crippen LogP contribution < -0.4 is 11.4 Å². The Kier molecular flexibility index (Phi) is 7.35. The molecule has 2 aromatic heterocycles. The molecule has 0 radical (unpaired) electrons. The Balaban J connectivity index is 1.63. The number of fused-ring (bicyclic) bond motifs is 1. The van der Waals surface area contributed by atoms with Gasteiger partial charge in [0, 0.05) is 31.9 Å². The molecule has 1 fully saturated rings. The molecule has 2 aromatic carbocycles. The van der Waals surface area contributed by atoms with Gasteiger partial charge in [-0.2, -0.15) is 0 Å². The molecule has 5 rings (SSSR count). The predicted octanol–water partition coefficient (Wildman–Crippen LogP) is 3.82. The van der Waals surface area contributed by atoms with Crippen molar-refractivity contribution in [2.24, 2.45) is 10.7 Å². The Bertz CT molecular complexity index is 1490. The largest absolute Gasteiger partial charge is 0.506 e. The number of aromatic hydroxyl groups is 1. The number of pyridine rings is 1. The second-order valence-corrected chi connectivity index (χ2v) is 9.65. The summed E-state index contributed by atoms with van der Waals surface area (Å²) in [7, 11) is 0. The standard InChI is InChI=1S/C29H33N7O/c1-21-7-12-28(37)25(32-21)20-36-27-6-4-3-5-26(27)35(19-22-8-10-23(31-2)11-9-22)29(36)33-24-13-16-34(17-14-24)18-15-30/h3-12,24,37H,13-20,30H2,1H3/b33-29+. The summed E-state index contributed by atoms with van der Waals surface area (Å²) in [5, 5.41) is 10.6. The van der Waals surface area contributed by atoms with Crippen LogP contribution in [0.3, 0.4) is 0 Å². The number of nitrogens with zero attached hydrogens (tertiary/aromatic N) is 6. The molecular weight excluding hydrogens is 462 g/mol. The lowest BCUT2D eigenvalue weighted by atomic mass is 10.1. The highest BCUT2D eigenvalue weighted by molar-refractivity contribution is 5.76. The maximum atomic E-state index is 10.6. The van der Waals surface area contributed by atoms with Crippen LogP contribution in [-0.2, 0) is 13.1 Å². The van der Waals surface area contributed by atoms with Gasteiger partial charge in [-0.05, 0) is 49.6 Å². The van der Waals surface area contributed by atoms with E-state index in [4.69, 9.17) is 17.3 Å². The van der Waals surface area contributed by atoms with Crippen molar-refractivity contribution in [3.05, 3.63) is 94.7 Å². The lowest BCUT2D eigenvalue weighted by Gasteiger charge is -2.29. The molecule has 1 aliphatic rings. The van der Waals surface area contributed by atoms with Crippen LogP contribution in [0.2, 0.25) is 0 Å². The maximum absolute atomic E-state index is 10.6. The highest BCUT2D eigenvalue weighted by Gasteiger charge is 2.20. The third-order valence-electron chi connectivity index (χ3n) is 7.05. The molecule has 37 heavy (non-hydrogen) atoms. The van der Waals surface area contributed by atoms with E-state index in [9.17, 15) is 5.11 Å². The topological polar surface area (TPSA) is 89.0 Å². The van der Waals surface area contributed by atoms with Gasteiger partial charge in [0.25, 0.3) is 0 Å². The van der Waals surface area contributed by atoms with Crippen LogP contribution in [0.1, 0.15) is 29.8 Å². The van der Waals surface area contributed by atoms with Crippen molar-refractivity contribution in [3.63, 3.8) is 0 Å². The minimum atomic E-state index is 0.186.